The number of hydrogen-bond donors (Lipinski definition) is 5. The minimum absolute atomic E-state index is 0.211. The van der Waals surface area contributed by atoms with E-state index < -0.39 is 16.0 Å². The van der Waals surface area contributed by atoms with E-state index in [4.69, 9.17) is 9.47 Å². The summed E-state index contributed by atoms with van der Waals surface area (Å²) < 4.78 is 45.1. The molecule has 816 valence electrons. The van der Waals surface area contributed by atoms with Crippen molar-refractivity contribution < 1.29 is 41.5 Å². The summed E-state index contributed by atoms with van der Waals surface area (Å²) in [6.45, 7) is 88.8. The number of hydrogen-bond acceptors (Lipinski definition) is 22. The average molecular weight is 1970 g/mol. The van der Waals surface area contributed by atoms with Gasteiger partial charge in [0.25, 0.3) is 0 Å². The van der Waals surface area contributed by atoms with E-state index in [1.165, 1.54) is 150 Å². The third-order valence-corrected chi connectivity index (χ3v) is 30.5. The van der Waals surface area contributed by atoms with E-state index in [0.29, 0.717) is 84.4 Å². The minimum Gasteiger partial charge on any atom is -0.379 e. The molecule has 12 heterocycles. The third kappa shape index (κ3) is 70.1. The Morgan fingerprint density at radius 1 is 0.350 bits per heavy atom. The van der Waals surface area contributed by atoms with Crippen molar-refractivity contribution in [1.82, 2.24) is 80.5 Å². The lowest BCUT2D eigenvalue weighted by Crippen LogP contribution is -2.51. The molecule has 0 aromatic heterocycles. The second kappa shape index (κ2) is 76.1. The predicted molar refractivity (Wildman–Crippen MR) is 586 cm³/mol. The Kier molecular flexibility index (Phi) is 74.7. The molecule has 5 N–H and O–H groups in total. The van der Waals surface area contributed by atoms with Crippen molar-refractivity contribution >= 4 is 33.2 Å². The monoisotopic (exact) mass is 1970 g/mol. The molecule has 0 saturated carbocycles. The molecule has 12 fully saturated rings. The summed E-state index contributed by atoms with van der Waals surface area (Å²) in [5.74, 6) is 13.0. The summed E-state index contributed by atoms with van der Waals surface area (Å²) in [4.78, 5) is 71.8. The van der Waals surface area contributed by atoms with E-state index in [9.17, 15) is 32.0 Å². The highest BCUT2D eigenvalue weighted by Gasteiger charge is 2.33. The molecule has 12 aliphatic heterocycles. The van der Waals surface area contributed by atoms with Gasteiger partial charge in [-0.3, -0.25) is 24.1 Å². The SMILES string of the molecule is CC(C)C1CN(C)C1.CC(C)C1CNC1.CC(C)CC(=O)C1CCN(C)C1.CC(C)CC(=O)C1CCN(C)CC1.CC(C)CC1CN(C)C1.CC(C)N1CC(F)C1.CC(C)NC(=O)C1CCN(C)C1.CC(C)NC(=O)C1CCN(C)CC1.CC(C)NCC1CCN(C)C1.CC(C)NCC1CCN(C)CC1.CC(C)OCC1CCN(C)C1.CC(C)OCC1CCN(C)CC1.CCCS(=O)(=O)C(C)C. The fourth-order valence-electron chi connectivity index (χ4n) is 18.2. The van der Waals surface area contributed by atoms with Gasteiger partial charge in [0.1, 0.15) is 17.7 Å². The number of ether oxygens (including phenoxy) is 2. The molecule has 0 aromatic carbocycles. The Morgan fingerprint density at radius 2 is 0.679 bits per heavy atom. The highest BCUT2D eigenvalue weighted by Crippen LogP contribution is 2.27. The molecule has 0 aromatic rings. The van der Waals surface area contributed by atoms with Crippen LogP contribution in [-0.4, -0.2) is 399 Å². The van der Waals surface area contributed by atoms with E-state index in [-0.39, 0.29) is 41.0 Å². The molecule has 12 saturated heterocycles. The second-order valence-electron chi connectivity index (χ2n) is 48.0. The van der Waals surface area contributed by atoms with E-state index >= 15 is 0 Å². The van der Waals surface area contributed by atoms with Gasteiger partial charge in [0.15, 0.2) is 9.84 Å². The quantitative estimate of drug-likeness (QED) is 0.0452. The van der Waals surface area contributed by atoms with Crippen LogP contribution in [0.4, 0.5) is 4.39 Å². The smallest absolute Gasteiger partial charge is 0.224 e. The number of nitrogens with zero attached hydrogens (tertiary/aromatic N) is 11. The van der Waals surface area contributed by atoms with Crippen LogP contribution in [0.1, 0.15) is 290 Å². The number of likely N-dealkylation sites (tertiary alicyclic amines) is 11. The topological polar surface area (TPSA) is 217 Å². The molecular formula is C111H231FN16O8S. The molecule has 0 radical (unpaired) electrons. The fourth-order valence-corrected chi connectivity index (χ4v) is 19.2. The van der Waals surface area contributed by atoms with Crippen LogP contribution in [0.3, 0.4) is 0 Å². The normalized spacial score (nSPS) is 22.7. The van der Waals surface area contributed by atoms with Crippen molar-refractivity contribution in [2.45, 2.75) is 344 Å². The van der Waals surface area contributed by atoms with Crippen LogP contribution in [0.5, 0.6) is 0 Å². The first-order valence-electron chi connectivity index (χ1n) is 55.5. The van der Waals surface area contributed by atoms with Crippen LogP contribution in [0.2, 0.25) is 0 Å². The Labute approximate surface area is 848 Å². The number of carbonyl (C=O) groups is 4. The minimum atomic E-state index is -2.75. The molecule has 0 bridgehead atoms. The van der Waals surface area contributed by atoms with Gasteiger partial charge in [0.05, 0.1) is 35.7 Å². The molecule has 26 heteroatoms. The van der Waals surface area contributed by atoms with Crippen LogP contribution in [0, 0.1) is 94.7 Å². The zero-order chi connectivity index (χ0) is 104. The van der Waals surface area contributed by atoms with E-state index in [1.807, 2.05) is 34.6 Å². The maximum atomic E-state index is 12.1. The maximum absolute atomic E-state index is 12.1. The molecule has 0 spiro atoms. The molecule has 4 atom stereocenters. The summed E-state index contributed by atoms with van der Waals surface area (Å²) in [5, 5.41) is 15.9. The lowest BCUT2D eigenvalue weighted by molar-refractivity contribution is -0.127. The lowest BCUT2D eigenvalue weighted by atomic mass is 9.88. The Bertz CT molecular complexity index is 2890. The summed E-state index contributed by atoms with van der Waals surface area (Å²) >= 11 is 0. The van der Waals surface area contributed by atoms with Crippen LogP contribution in [-0.2, 0) is 38.5 Å². The van der Waals surface area contributed by atoms with Crippen molar-refractivity contribution in [1.29, 1.82) is 0 Å². The molecular weight excluding hydrogens is 1740 g/mol. The first kappa shape index (κ1) is 135. The summed E-state index contributed by atoms with van der Waals surface area (Å²) in [6.07, 6.45) is 18.2. The molecule has 4 unspecified atom stereocenters. The van der Waals surface area contributed by atoms with Gasteiger partial charge in [-0.1, -0.05) is 104 Å². The van der Waals surface area contributed by atoms with Gasteiger partial charge in [-0.15, -0.1) is 0 Å². The average Bonchev–Trinajstić information content (AvgIpc) is 1.59. The van der Waals surface area contributed by atoms with Crippen molar-refractivity contribution in [3.8, 4) is 0 Å². The van der Waals surface area contributed by atoms with Crippen molar-refractivity contribution in [3.63, 3.8) is 0 Å². The van der Waals surface area contributed by atoms with Gasteiger partial charge in [0, 0.05) is 133 Å². The Morgan fingerprint density at radius 3 is 0.964 bits per heavy atom. The van der Waals surface area contributed by atoms with Crippen LogP contribution < -0.4 is 26.6 Å². The molecule has 2 amide bonds. The van der Waals surface area contributed by atoms with Gasteiger partial charge < -0.3 is 85.1 Å². The molecule has 137 heavy (non-hydrogen) atoms. The van der Waals surface area contributed by atoms with Crippen LogP contribution >= 0.6 is 0 Å². The molecule has 12 aliphatic rings. The number of piperidine rings is 4. The first-order chi connectivity index (χ1) is 64.0. The first-order valence-corrected chi connectivity index (χ1v) is 57.2. The summed E-state index contributed by atoms with van der Waals surface area (Å²) in [6, 6.07) is 2.35. The zero-order valence-electron chi connectivity index (χ0n) is 96.7. The number of alkyl halides is 1. The van der Waals surface area contributed by atoms with E-state index in [0.717, 1.165) is 183 Å². The number of ketones is 2. The van der Waals surface area contributed by atoms with Crippen LogP contribution in [0.15, 0.2) is 0 Å². The van der Waals surface area contributed by atoms with Crippen molar-refractivity contribution in [3.05, 3.63) is 0 Å². The number of carbonyl (C=O) groups excluding carboxylic acids is 4. The standard InChI is InChI=1S/C11H21NO.C10H20N2O.C10H22N2.C10H21NO.C10H19NO.C9H18N2O.C9H20N2.C9H19NO.C8H17N.C7H15N.C6H12FN.C6H13N.C6H14O2S/c1-9(2)8-11(13)10-4-6-12(3)7-5-10;1-8(2)11-10(13)9-4-6-12(3)7-5-9;1-9(2)11-8-10-4-6-12(3)7-5-10;1-9(2)12-8-10-4-6-11(3)7-5-10;1-8(2)6-10(12)9-4-5-11(3)7-9;1-7(2)10-9(12)8-4-5-11(3)6-8;1-8(2)10-6-9-4-5-11(3)7-9;1-8(2)11-7-9-4-5-10(3)6-9;1-7(2)4-8-5-9(3)6-8;1-6(2)7-4-8(3)5-7;1-5(2)8-3-6(7)4-8;1-5(2)6-3-7-4-6;1-4-5-9(7,8)6(2)3/h9-10H,4-8H2,1-3H3;8-9H,4-7H2,1-3H3,(H,11,13);9-11H,4-8H2,1-3H3;9-10H,4-8H2,1-3H3;8-9H,4-7H2,1-3H3;7-8H,4-6H2,1-3H3,(H,10,12);8-10H,4-7H2,1-3H3;8-9H,4-7H2,1-3H3;7-8H,4-6H2,1-3H3;6-7H,4-5H2,1-3H3;5-6H,3-4H2,1-2H3;5-7H,3-4H2,1-2H3;6H,4-5H2,1-3H3. The van der Waals surface area contributed by atoms with E-state index in [2.05, 4.69) is 289 Å². The summed E-state index contributed by atoms with van der Waals surface area (Å²) in [7, 11) is 18.8. The van der Waals surface area contributed by atoms with Gasteiger partial charge in [-0.2, -0.15) is 0 Å². The highest BCUT2D eigenvalue weighted by atomic mass is 32.2. The predicted octanol–water partition coefficient (Wildman–Crippen LogP) is 16.1. The molecule has 24 nitrogen and oxygen atoms in total. The number of halogens is 1. The highest BCUT2D eigenvalue weighted by molar-refractivity contribution is 7.91. The molecule has 12 rings (SSSR count). The number of nitrogens with one attached hydrogen (secondary N) is 5. The van der Waals surface area contributed by atoms with Gasteiger partial charge in [-0.05, 0) is 419 Å². The summed E-state index contributed by atoms with van der Waals surface area (Å²) in [5.41, 5.74) is 0. The van der Waals surface area contributed by atoms with Crippen molar-refractivity contribution in [2.24, 2.45) is 94.7 Å². The Hall–Kier alpha value is -2.48. The zero-order valence-corrected chi connectivity index (χ0v) is 97.5. The van der Waals surface area contributed by atoms with E-state index in [1.54, 1.807) is 13.8 Å². The Balaban J connectivity index is 0.00000147. The van der Waals surface area contributed by atoms with Gasteiger partial charge >= 0.3 is 0 Å². The number of sulfone groups is 1. The number of amides is 2. The molecule has 0 aliphatic carbocycles. The fraction of sp³-hybridized carbons (Fsp3) is 0.964. The third-order valence-electron chi connectivity index (χ3n) is 28.1. The van der Waals surface area contributed by atoms with Crippen molar-refractivity contribution in [2.75, 3.05) is 260 Å². The maximum Gasteiger partial charge on any atom is 0.224 e. The second-order valence-corrected chi connectivity index (χ2v) is 50.7. The number of Topliss-reactive ketones (excluding diaryl/α,β-unsaturated/α-hetero) is 2. The van der Waals surface area contributed by atoms with Crippen LogP contribution in [0.25, 0.3) is 0 Å². The van der Waals surface area contributed by atoms with Gasteiger partial charge in [-0.25, -0.2) is 12.8 Å². The number of rotatable bonds is 30. The largest absolute Gasteiger partial charge is 0.379 e. The lowest BCUT2D eigenvalue weighted by Gasteiger charge is -2.38. The van der Waals surface area contributed by atoms with Gasteiger partial charge in [0.2, 0.25) is 11.8 Å².